The third kappa shape index (κ3) is 1.07. The summed E-state index contributed by atoms with van der Waals surface area (Å²) in [6, 6.07) is 0.516. The summed E-state index contributed by atoms with van der Waals surface area (Å²) in [6.07, 6.45) is 5.48. The van der Waals surface area contributed by atoms with E-state index in [0.29, 0.717) is 6.04 Å². The Labute approximate surface area is 63.0 Å². The van der Waals surface area contributed by atoms with E-state index < -0.39 is 0 Å². The molecule has 0 spiro atoms. The molecule has 1 nitrogen and oxygen atoms in total. The van der Waals surface area contributed by atoms with E-state index in [4.69, 9.17) is 5.73 Å². The highest BCUT2D eigenvalue weighted by atomic mass is 14.7. The summed E-state index contributed by atoms with van der Waals surface area (Å²) in [5, 5.41) is 0. The van der Waals surface area contributed by atoms with Crippen LogP contribution in [0, 0.1) is 17.8 Å². The van der Waals surface area contributed by atoms with Gasteiger partial charge < -0.3 is 5.73 Å². The van der Waals surface area contributed by atoms with Crippen LogP contribution in [0.15, 0.2) is 0 Å². The van der Waals surface area contributed by atoms with Crippen LogP contribution in [-0.4, -0.2) is 6.04 Å². The van der Waals surface area contributed by atoms with Crippen molar-refractivity contribution in [2.75, 3.05) is 0 Å². The van der Waals surface area contributed by atoms with Gasteiger partial charge in [-0.15, -0.1) is 0 Å². The lowest BCUT2D eigenvalue weighted by atomic mass is 9.98. The van der Waals surface area contributed by atoms with Crippen LogP contribution in [0.3, 0.4) is 0 Å². The van der Waals surface area contributed by atoms with Crippen molar-refractivity contribution in [2.45, 2.75) is 38.6 Å². The van der Waals surface area contributed by atoms with Gasteiger partial charge in [-0.2, -0.15) is 0 Å². The molecule has 1 heteroatoms. The summed E-state index contributed by atoms with van der Waals surface area (Å²) in [4.78, 5) is 0. The monoisotopic (exact) mass is 139 g/mol. The first-order valence-corrected chi connectivity index (χ1v) is 4.53. The van der Waals surface area contributed by atoms with Gasteiger partial charge in [0.05, 0.1) is 0 Å². The number of hydrogen-bond acceptors (Lipinski definition) is 1. The summed E-state index contributed by atoms with van der Waals surface area (Å²) >= 11 is 0. The molecule has 4 unspecified atom stereocenters. The lowest BCUT2D eigenvalue weighted by molar-refractivity contribution is 0.430. The van der Waals surface area contributed by atoms with Crippen molar-refractivity contribution < 1.29 is 0 Å². The average Bonchev–Trinajstić information content (AvgIpc) is 2.59. The van der Waals surface area contributed by atoms with Crippen LogP contribution in [0.2, 0.25) is 0 Å². The SMILES string of the molecule is CC1CC(N)CCC2CC12. The molecule has 2 fully saturated rings. The van der Waals surface area contributed by atoms with Crippen molar-refractivity contribution in [1.82, 2.24) is 0 Å². The summed E-state index contributed by atoms with van der Waals surface area (Å²) in [5.74, 6) is 3.06. The maximum atomic E-state index is 5.91. The zero-order valence-corrected chi connectivity index (χ0v) is 6.72. The fourth-order valence-corrected chi connectivity index (χ4v) is 2.50. The highest BCUT2D eigenvalue weighted by Crippen LogP contribution is 2.50. The smallest absolute Gasteiger partial charge is 0.00415 e. The minimum Gasteiger partial charge on any atom is -0.328 e. The van der Waals surface area contributed by atoms with E-state index in [1.165, 1.54) is 25.7 Å². The third-order valence-electron chi connectivity index (χ3n) is 3.29. The van der Waals surface area contributed by atoms with E-state index in [1.807, 2.05) is 0 Å². The Morgan fingerprint density at radius 2 is 2.00 bits per heavy atom. The molecule has 2 saturated carbocycles. The maximum Gasteiger partial charge on any atom is 0.00415 e. The van der Waals surface area contributed by atoms with Crippen LogP contribution < -0.4 is 5.73 Å². The van der Waals surface area contributed by atoms with E-state index in [0.717, 1.165) is 17.8 Å². The first-order chi connectivity index (χ1) is 4.77. The second-order valence-electron chi connectivity index (χ2n) is 4.21. The molecule has 2 rings (SSSR count). The van der Waals surface area contributed by atoms with Crippen molar-refractivity contribution in [1.29, 1.82) is 0 Å². The largest absolute Gasteiger partial charge is 0.328 e. The van der Waals surface area contributed by atoms with Crippen LogP contribution >= 0.6 is 0 Å². The van der Waals surface area contributed by atoms with Crippen LogP contribution in [0.1, 0.15) is 32.6 Å². The number of nitrogens with two attached hydrogens (primary N) is 1. The molecule has 0 aromatic carbocycles. The van der Waals surface area contributed by atoms with Crippen molar-refractivity contribution in [2.24, 2.45) is 23.5 Å². The Hall–Kier alpha value is -0.0400. The highest BCUT2D eigenvalue weighted by Gasteiger charge is 2.42. The topological polar surface area (TPSA) is 26.0 Å². The molecule has 0 bridgehead atoms. The first-order valence-electron chi connectivity index (χ1n) is 4.53. The zero-order valence-electron chi connectivity index (χ0n) is 6.72. The van der Waals surface area contributed by atoms with Crippen LogP contribution in [-0.2, 0) is 0 Å². The average molecular weight is 139 g/mol. The predicted molar refractivity (Wildman–Crippen MR) is 42.6 cm³/mol. The minimum absolute atomic E-state index is 0.516. The minimum atomic E-state index is 0.516. The van der Waals surface area contributed by atoms with Crippen LogP contribution in [0.4, 0.5) is 0 Å². The molecule has 2 N–H and O–H groups in total. The number of hydrogen-bond donors (Lipinski definition) is 1. The van der Waals surface area contributed by atoms with Crippen molar-refractivity contribution in [3.63, 3.8) is 0 Å². The number of rotatable bonds is 0. The molecular formula is C9H17N. The molecule has 0 aromatic heterocycles. The molecule has 0 heterocycles. The second kappa shape index (κ2) is 2.23. The van der Waals surface area contributed by atoms with Crippen LogP contribution in [0.5, 0.6) is 0 Å². The lowest BCUT2D eigenvalue weighted by Gasteiger charge is -2.12. The van der Waals surface area contributed by atoms with E-state index in [9.17, 15) is 0 Å². The normalized spacial score (nSPS) is 53.4. The summed E-state index contributed by atoms with van der Waals surface area (Å²) < 4.78 is 0. The molecule has 2 aliphatic rings. The van der Waals surface area contributed by atoms with Gasteiger partial charge in [-0.1, -0.05) is 6.92 Å². The van der Waals surface area contributed by atoms with Crippen molar-refractivity contribution in [3.8, 4) is 0 Å². The Balaban J connectivity index is 1.97. The molecule has 0 aliphatic heterocycles. The molecule has 10 heavy (non-hydrogen) atoms. The van der Waals surface area contributed by atoms with E-state index in [2.05, 4.69) is 6.92 Å². The van der Waals surface area contributed by atoms with Gasteiger partial charge >= 0.3 is 0 Å². The summed E-state index contributed by atoms with van der Waals surface area (Å²) in [5.41, 5.74) is 5.91. The lowest BCUT2D eigenvalue weighted by Crippen LogP contribution is -2.21. The molecule has 0 aromatic rings. The molecule has 0 radical (unpaired) electrons. The molecule has 0 saturated heterocycles. The van der Waals surface area contributed by atoms with Gasteiger partial charge in [-0.05, 0) is 43.4 Å². The standard InChI is InChI=1S/C9H17N/c1-6-4-8(10)3-2-7-5-9(6)7/h6-9H,2-5,10H2,1H3. The first kappa shape index (κ1) is 6.66. The summed E-state index contributed by atoms with van der Waals surface area (Å²) in [6.45, 7) is 2.37. The second-order valence-corrected chi connectivity index (χ2v) is 4.21. The Kier molecular flexibility index (Phi) is 1.48. The maximum absolute atomic E-state index is 5.91. The van der Waals surface area contributed by atoms with Gasteiger partial charge in [-0.25, -0.2) is 0 Å². The van der Waals surface area contributed by atoms with E-state index in [1.54, 1.807) is 0 Å². The quantitative estimate of drug-likeness (QED) is 0.544. The van der Waals surface area contributed by atoms with Crippen molar-refractivity contribution in [3.05, 3.63) is 0 Å². The fraction of sp³-hybridized carbons (Fsp3) is 1.00. The van der Waals surface area contributed by atoms with Gasteiger partial charge in [0.1, 0.15) is 0 Å². The third-order valence-corrected chi connectivity index (χ3v) is 3.29. The molecule has 4 atom stereocenters. The van der Waals surface area contributed by atoms with E-state index >= 15 is 0 Å². The summed E-state index contributed by atoms with van der Waals surface area (Å²) in [7, 11) is 0. The van der Waals surface area contributed by atoms with Gasteiger partial charge in [0.2, 0.25) is 0 Å². The molecular weight excluding hydrogens is 122 g/mol. The zero-order chi connectivity index (χ0) is 7.14. The van der Waals surface area contributed by atoms with Gasteiger partial charge in [-0.3, -0.25) is 0 Å². The Bertz CT molecular complexity index is 131. The Morgan fingerprint density at radius 1 is 1.20 bits per heavy atom. The van der Waals surface area contributed by atoms with Gasteiger partial charge in [0, 0.05) is 6.04 Å². The van der Waals surface area contributed by atoms with Crippen molar-refractivity contribution >= 4 is 0 Å². The highest BCUT2D eigenvalue weighted by molar-refractivity contribution is 4.94. The number of fused-ring (bicyclic) bond motifs is 1. The molecule has 58 valence electrons. The Morgan fingerprint density at radius 3 is 2.80 bits per heavy atom. The molecule has 2 aliphatic carbocycles. The van der Waals surface area contributed by atoms with Gasteiger partial charge in [0.15, 0.2) is 0 Å². The molecule has 0 amide bonds. The van der Waals surface area contributed by atoms with Gasteiger partial charge in [0.25, 0.3) is 0 Å². The van der Waals surface area contributed by atoms with Crippen LogP contribution in [0.25, 0.3) is 0 Å². The van der Waals surface area contributed by atoms with E-state index in [-0.39, 0.29) is 0 Å². The fourth-order valence-electron chi connectivity index (χ4n) is 2.50. The predicted octanol–water partition coefficient (Wildman–Crippen LogP) is 1.77.